The van der Waals surface area contributed by atoms with Gasteiger partial charge in [0.2, 0.25) is 5.91 Å². The number of amides is 1. The lowest BCUT2D eigenvalue weighted by Gasteiger charge is -2.11. The molecule has 1 aliphatic heterocycles. The largest absolute Gasteiger partial charge is 0.354 e. The molecule has 20 heavy (non-hydrogen) atoms. The average molecular weight is 286 g/mol. The van der Waals surface area contributed by atoms with E-state index < -0.39 is 24.9 Å². The second kappa shape index (κ2) is 5.47. The molecule has 1 aliphatic rings. The van der Waals surface area contributed by atoms with Crippen molar-refractivity contribution in [3.63, 3.8) is 0 Å². The fourth-order valence-corrected chi connectivity index (χ4v) is 2.51. The second-order valence-electron chi connectivity index (χ2n) is 5.31. The molecule has 2 rings (SSSR count). The van der Waals surface area contributed by atoms with Crippen LogP contribution in [0.1, 0.15) is 23.4 Å². The molecule has 5 nitrogen and oxygen atoms in total. The molecule has 0 aliphatic carbocycles. The van der Waals surface area contributed by atoms with E-state index in [4.69, 9.17) is 0 Å². The molecule has 2 heterocycles. The Morgan fingerprint density at radius 2 is 2.25 bits per heavy atom. The molecule has 1 amide bonds. The van der Waals surface area contributed by atoms with Gasteiger partial charge < -0.3 is 5.32 Å². The molecule has 1 atom stereocenters. The van der Waals surface area contributed by atoms with Crippen molar-refractivity contribution in [3.8, 4) is 0 Å². The normalized spacial score (nSPS) is 21.1. The first-order valence-corrected chi connectivity index (χ1v) is 6.68. The minimum atomic E-state index is -2.78. The highest BCUT2D eigenvalue weighted by Crippen LogP contribution is 2.25. The van der Waals surface area contributed by atoms with E-state index in [9.17, 15) is 13.6 Å². The smallest absolute Gasteiger partial charge is 0.262 e. The summed E-state index contributed by atoms with van der Waals surface area (Å²) in [5.41, 5.74) is 3.09. The highest BCUT2D eigenvalue weighted by atomic mass is 19.3. The van der Waals surface area contributed by atoms with E-state index in [0.29, 0.717) is 13.0 Å². The number of hydrogen-bond acceptors (Lipinski definition) is 3. The summed E-state index contributed by atoms with van der Waals surface area (Å²) in [5.74, 6) is -3.14. The number of nitrogens with zero attached hydrogens (tertiary/aromatic N) is 2. The topological polar surface area (TPSA) is 59.0 Å². The minimum absolute atomic E-state index is 0.360. The molecule has 0 aromatic carbocycles. The summed E-state index contributed by atoms with van der Waals surface area (Å²) in [6.07, 6.45) is 0.226. The Morgan fingerprint density at radius 3 is 2.75 bits per heavy atom. The van der Waals surface area contributed by atoms with E-state index in [-0.39, 0.29) is 5.91 Å². The first-order valence-electron chi connectivity index (χ1n) is 6.68. The highest BCUT2D eigenvalue weighted by molar-refractivity contribution is 5.82. The molecule has 0 bridgehead atoms. The molecule has 0 spiro atoms. The van der Waals surface area contributed by atoms with Crippen molar-refractivity contribution in [1.82, 2.24) is 20.4 Å². The van der Waals surface area contributed by atoms with Gasteiger partial charge in [0.15, 0.2) is 0 Å². The number of rotatable bonds is 4. The van der Waals surface area contributed by atoms with Crippen LogP contribution in [-0.2, 0) is 18.3 Å². The van der Waals surface area contributed by atoms with Gasteiger partial charge in [0, 0.05) is 25.7 Å². The molecule has 0 saturated carbocycles. The lowest BCUT2D eigenvalue weighted by molar-refractivity contribution is -0.123. The van der Waals surface area contributed by atoms with Crippen LogP contribution in [0.25, 0.3) is 0 Å². The Bertz CT molecular complexity index is 513. The van der Waals surface area contributed by atoms with E-state index in [0.717, 1.165) is 17.0 Å². The molecule has 7 heteroatoms. The van der Waals surface area contributed by atoms with E-state index >= 15 is 0 Å². The second-order valence-corrected chi connectivity index (χ2v) is 5.31. The van der Waals surface area contributed by atoms with Crippen LogP contribution in [0.3, 0.4) is 0 Å². The zero-order chi connectivity index (χ0) is 14.9. The van der Waals surface area contributed by atoms with E-state index in [1.54, 1.807) is 4.68 Å². The predicted molar refractivity (Wildman–Crippen MR) is 70.8 cm³/mol. The number of aryl methyl sites for hydroxylation is 2. The first-order chi connectivity index (χ1) is 9.30. The van der Waals surface area contributed by atoms with Gasteiger partial charge in [0.1, 0.15) is 0 Å². The third-order valence-corrected chi connectivity index (χ3v) is 3.76. The highest BCUT2D eigenvalue weighted by Gasteiger charge is 2.42. The van der Waals surface area contributed by atoms with Gasteiger partial charge in [-0.05, 0) is 25.8 Å². The van der Waals surface area contributed by atoms with Crippen LogP contribution in [0.2, 0.25) is 0 Å². The number of carbonyl (C=O) groups is 1. The zero-order valence-electron chi connectivity index (χ0n) is 12.0. The Morgan fingerprint density at radius 1 is 1.55 bits per heavy atom. The van der Waals surface area contributed by atoms with Gasteiger partial charge in [0.25, 0.3) is 5.92 Å². The number of hydrogen-bond donors (Lipinski definition) is 2. The van der Waals surface area contributed by atoms with Crippen molar-refractivity contribution in [2.24, 2.45) is 7.05 Å². The van der Waals surface area contributed by atoms with Gasteiger partial charge in [-0.3, -0.25) is 14.8 Å². The SMILES string of the molecule is Cc1nn(C)c(C)c1CCNC(=O)C1CC(F)(F)CN1. The van der Waals surface area contributed by atoms with E-state index in [2.05, 4.69) is 15.7 Å². The molecule has 2 N–H and O–H groups in total. The maximum absolute atomic E-state index is 13.0. The number of alkyl halides is 2. The summed E-state index contributed by atoms with van der Waals surface area (Å²) in [5, 5.41) is 9.54. The van der Waals surface area contributed by atoms with Crippen molar-refractivity contribution in [2.45, 2.75) is 38.7 Å². The Labute approximate surface area is 116 Å². The van der Waals surface area contributed by atoms with Crippen LogP contribution < -0.4 is 10.6 Å². The third-order valence-electron chi connectivity index (χ3n) is 3.76. The maximum atomic E-state index is 13.0. The molecule has 1 aromatic rings. The Hall–Kier alpha value is -1.50. The molecular formula is C13H20F2N4O. The zero-order valence-corrected chi connectivity index (χ0v) is 12.0. The number of nitrogens with one attached hydrogen (secondary N) is 2. The van der Waals surface area contributed by atoms with Crippen LogP contribution in [0.15, 0.2) is 0 Å². The number of carbonyl (C=O) groups excluding carboxylic acids is 1. The molecular weight excluding hydrogens is 266 g/mol. The van der Waals surface area contributed by atoms with Crippen molar-refractivity contribution in [2.75, 3.05) is 13.1 Å². The predicted octanol–water partition coefficient (Wildman–Crippen LogP) is 0.693. The molecule has 1 aromatic heterocycles. The monoisotopic (exact) mass is 286 g/mol. The van der Waals surface area contributed by atoms with Crippen LogP contribution in [0.4, 0.5) is 8.78 Å². The van der Waals surface area contributed by atoms with Crippen LogP contribution in [-0.4, -0.2) is 40.7 Å². The van der Waals surface area contributed by atoms with Gasteiger partial charge in [-0.25, -0.2) is 8.78 Å². The molecule has 1 saturated heterocycles. The van der Waals surface area contributed by atoms with Gasteiger partial charge in [-0.1, -0.05) is 0 Å². The quantitative estimate of drug-likeness (QED) is 0.856. The summed E-state index contributed by atoms with van der Waals surface area (Å²) < 4.78 is 27.8. The fraction of sp³-hybridized carbons (Fsp3) is 0.692. The lowest BCUT2D eigenvalue weighted by Crippen LogP contribution is -2.41. The summed E-state index contributed by atoms with van der Waals surface area (Å²) in [6.45, 7) is 3.89. The van der Waals surface area contributed by atoms with Crippen molar-refractivity contribution in [3.05, 3.63) is 17.0 Å². The number of aromatic nitrogens is 2. The van der Waals surface area contributed by atoms with Crippen LogP contribution >= 0.6 is 0 Å². The molecule has 0 radical (unpaired) electrons. The summed E-state index contributed by atoms with van der Waals surface area (Å²) in [4.78, 5) is 11.8. The maximum Gasteiger partial charge on any atom is 0.262 e. The van der Waals surface area contributed by atoms with Crippen molar-refractivity contribution < 1.29 is 13.6 Å². The lowest BCUT2D eigenvalue weighted by atomic mass is 10.1. The third kappa shape index (κ3) is 3.15. The molecule has 1 fully saturated rings. The van der Waals surface area contributed by atoms with Crippen LogP contribution in [0.5, 0.6) is 0 Å². The minimum Gasteiger partial charge on any atom is -0.354 e. The summed E-state index contributed by atoms with van der Waals surface area (Å²) in [7, 11) is 1.87. The van der Waals surface area contributed by atoms with Gasteiger partial charge in [-0.15, -0.1) is 0 Å². The summed E-state index contributed by atoms with van der Waals surface area (Å²) >= 11 is 0. The van der Waals surface area contributed by atoms with Gasteiger partial charge in [0.05, 0.1) is 18.3 Å². The number of halogens is 2. The van der Waals surface area contributed by atoms with E-state index in [1.165, 1.54) is 0 Å². The van der Waals surface area contributed by atoms with Crippen molar-refractivity contribution in [1.29, 1.82) is 0 Å². The summed E-state index contributed by atoms with van der Waals surface area (Å²) in [6, 6.07) is -0.791. The van der Waals surface area contributed by atoms with Gasteiger partial charge >= 0.3 is 0 Å². The molecule has 112 valence electrons. The molecule has 1 unspecified atom stereocenters. The van der Waals surface area contributed by atoms with Crippen LogP contribution in [0, 0.1) is 13.8 Å². The fourth-order valence-electron chi connectivity index (χ4n) is 2.51. The first kappa shape index (κ1) is 14.9. The standard InChI is InChI=1S/C13H20F2N4O/c1-8-10(9(2)19(3)18-8)4-5-16-12(20)11-6-13(14,15)7-17-11/h11,17H,4-7H2,1-3H3,(H,16,20). The van der Waals surface area contributed by atoms with Gasteiger partial charge in [-0.2, -0.15) is 5.10 Å². The average Bonchev–Trinajstić information content (AvgIpc) is 2.83. The van der Waals surface area contributed by atoms with Crippen molar-refractivity contribution >= 4 is 5.91 Å². The Balaban J connectivity index is 1.83. The Kier molecular flexibility index (Phi) is 4.08. The van der Waals surface area contributed by atoms with E-state index in [1.807, 2.05) is 20.9 Å².